The number of carbonyl (C=O) groups excluding carboxylic acids is 2. The van der Waals surface area contributed by atoms with Crippen molar-refractivity contribution in [1.82, 2.24) is 0 Å². The zero-order valence-electron chi connectivity index (χ0n) is 17.2. The van der Waals surface area contributed by atoms with Gasteiger partial charge in [-0.05, 0) is 63.0 Å². The molecule has 1 amide bonds. The molecule has 0 bridgehead atoms. The molecule has 1 heterocycles. The fourth-order valence-corrected chi connectivity index (χ4v) is 5.89. The van der Waals surface area contributed by atoms with E-state index in [1.807, 2.05) is 19.9 Å². The predicted molar refractivity (Wildman–Crippen MR) is 117 cm³/mol. The Labute approximate surface area is 176 Å². The largest absolute Gasteiger partial charge is 0.459 e. The van der Waals surface area contributed by atoms with Gasteiger partial charge in [0.1, 0.15) is 5.00 Å². The first-order valence-corrected chi connectivity index (χ1v) is 11.6. The summed E-state index contributed by atoms with van der Waals surface area (Å²) in [7, 11) is 0. The van der Waals surface area contributed by atoms with Gasteiger partial charge in [0.2, 0.25) is 5.91 Å². The second kappa shape index (κ2) is 8.70. The van der Waals surface area contributed by atoms with Gasteiger partial charge in [-0.25, -0.2) is 4.79 Å². The van der Waals surface area contributed by atoms with E-state index in [0.717, 1.165) is 50.5 Å². The van der Waals surface area contributed by atoms with Crippen LogP contribution in [-0.2, 0) is 22.4 Å². The summed E-state index contributed by atoms with van der Waals surface area (Å²) in [5.41, 5.74) is 3.01. The molecule has 1 aromatic carbocycles. The molecule has 0 radical (unpaired) electrons. The van der Waals surface area contributed by atoms with Crippen LogP contribution in [0.2, 0.25) is 0 Å². The second-order valence-corrected chi connectivity index (χ2v) is 9.59. The van der Waals surface area contributed by atoms with Crippen molar-refractivity contribution in [1.29, 1.82) is 0 Å². The summed E-state index contributed by atoms with van der Waals surface area (Å²) in [6.07, 6.45) is 6.68. The number of hydrogen-bond acceptors (Lipinski definition) is 4. The Morgan fingerprint density at radius 2 is 1.83 bits per heavy atom. The molecule has 1 fully saturated rings. The standard InChI is InChI=1S/C24H29NO3S/c1-15(2)28-24(27)21-19-13-12-18(16-8-4-3-5-9-16)14-20(19)29-23(21)25-22(26)17-10-6-7-11-17/h3-5,8-9,15,17-18H,6-7,10-14H2,1-2H3,(H,25,26)/t18-/m1/s1. The minimum atomic E-state index is -0.308. The summed E-state index contributed by atoms with van der Waals surface area (Å²) in [5.74, 6) is 0.270. The van der Waals surface area contributed by atoms with Crippen LogP contribution in [0.1, 0.15) is 78.2 Å². The van der Waals surface area contributed by atoms with E-state index in [-0.39, 0.29) is 23.9 Å². The smallest absolute Gasteiger partial charge is 0.341 e. The van der Waals surface area contributed by atoms with Gasteiger partial charge in [-0.3, -0.25) is 4.79 Å². The molecule has 0 saturated heterocycles. The van der Waals surface area contributed by atoms with Crippen molar-refractivity contribution in [2.24, 2.45) is 5.92 Å². The van der Waals surface area contributed by atoms with Crippen LogP contribution in [0.3, 0.4) is 0 Å². The van der Waals surface area contributed by atoms with Crippen LogP contribution in [0.25, 0.3) is 0 Å². The van der Waals surface area contributed by atoms with Gasteiger partial charge in [-0.1, -0.05) is 43.2 Å². The Balaban J connectivity index is 1.63. The summed E-state index contributed by atoms with van der Waals surface area (Å²) < 4.78 is 5.54. The Morgan fingerprint density at radius 1 is 1.10 bits per heavy atom. The highest BCUT2D eigenvalue weighted by molar-refractivity contribution is 7.17. The highest BCUT2D eigenvalue weighted by Gasteiger charge is 2.32. The van der Waals surface area contributed by atoms with E-state index in [1.165, 1.54) is 10.4 Å². The summed E-state index contributed by atoms with van der Waals surface area (Å²) in [6.45, 7) is 3.72. The SMILES string of the molecule is CC(C)OC(=O)c1c(NC(=O)C2CCCC2)sc2c1CC[C@@H](c1ccccc1)C2. The molecule has 0 aliphatic heterocycles. The Morgan fingerprint density at radius 3 is 2.52 bits per heavy atom. The fourth-order valence-electron chi connectivity index (χ4n) is 4.57. The molecule has 1 aromatic heterocycles. The zero-order valence-corrected chi connectivity index (χ0v) is 18.0. The molecule has 5 heteroatoms. The maximum atomic E-state index is 12.9. The average molecular weight is 412 g/mol. The number of ether oxygens (including phenoxy) is 1. The molecule has 154 valence electrons. The fraction of sp³-hybridized carbons (Fsp3) is 0.500. The minimum Gasteiger partial charge on any atom is -0.459 e. The minimum absolute atomic E-state index is 0.0549. The first kappa shape index (κ1) is 20.1. The molecular formula is C24H29NO3S. The monoisotopic (exact) mass is 411 g/mol. The van der Waals surface area contributed by atoms with E-state index in [9.17, 15) is 9.59 Å². The highest BCUT2D eigenvalue weighted by Crippen LogP contribution is 2.43. The molecule has 1 saturated carbocycles. The quantitative estimate of drug-likeness (QED) is 0.641. The normalized spacial score (nSPS) is 19.2. The number of thiophene rings is 1. The van der Waals surface area contributed by atoms with Gasteiger partial charge in [0.05, 0.1) is 11.7 Å². The lowest BCUT2D eigenvalue weighted by Crippen LogP contribution is -2.22. The Kier molecular flexibility index (Phi) is 6.04. The van der Waals surface area contributed by atoms with Gasteiger partial charge >= 0.3 is 5.97 Å². The van der Waals surface area contributed by atoms with Crippen LogP contribution < -0.4 is 5.32 Å². The maximum absolute atomic E-state index is 12.9. The Bertz CT molecular complexity index is 881. The second-order valence-electron chi connectivity index (χ2n) is 8.48. The zero-order chi connectivity index (χ0) is 20.4. The molecule has 1 N–H and O–H groups in total. The molecule has 2 aliphatic carbocycles. The van der Waals surface area contributed by atoms with Crippen molar-refractivity contribution in [3.8, 4) is 0 Å². The third-order valence-electron chi connectivity index (χ3n) is 6.05. The maximum Gasteiger partial charge on any atom is 0.341 e. The predicted octanol–water partition coefficient (Wildman–Crippen LogP) is 5.71. The molecule has 29 heavy (non-hydrogen) atoms. The topological polar surface area (TPSA) is 55.4 Å². The van der Waals surface area contributed by atoms with E-state index in [4.69, 9.17) is 4.74 Å². The number of hydrogen-bond donors (Lipinski definition) is 1. The molecular weight excluding hydrogens is 382 g/mol. The lowest BCUT2D eigenvalue weighted by atomic mass is 9.83. The molecule has 2 aliphatic rings. The van der Waals surface area contributed by atoms with Crippen LogP contribution in [0, 0.1) is 5.92 Å². The van der Waals surface area contributed by atoms with Crippen molar-refractivity contribution in [2.75, 3.05) is 5.32 Å². The molecule has 4 nitrogen and oxygen atoms in total. The summed E-state index contributed by atoms with van der Waals surface area (Å²) in [4.78, 5) is 26.9. The van der Waals surface area contributed by atoms with Gasteiger partial charge in [-0.15, -0.1) is 11.3 Å². The summed E-state index contributed by atoms with van der Waals surface area (Å²) >= 11 is 1.57. The molecule has 0 unspecified atom stereocenters. The first-order valence-electron chi connectivity index (χ1n) is 10.7. The number of fused-ring (bicyclic) bond motifs is 1. The van der Waals surface area contributed by atoms with Crippen molar-refractivity contribution in [3.63, 3.8) is 0 Å². The van der Waals surface area contributed by atoms with Gasteiger partial charge in [0, 0.05) is 10.8 Å². The summed E-state index contributed by atoms with van der Waals surface area (Å²) in [5, 5.41) is 3.78. The number of rotatable bonds is 5. The van der Waals surface area contributed by atoms with Crippen molar-refractivity contribution < 1.29 is 14.3 Å². The lowest BCUT2D eigenvalue weighted by molar-refractivity contribution is -0.119. The van der Waals surface area contributed by atoms with E-state index in [2.05, 4.69) is 29.6 Å². The van der Waals surface area contributed by atoms with E-state index >= 15 is 0 Å². The lowest BCUT2D eigenvalue weighted by Gasteiger charge is -2.23. The number of anilines is 1. The first-order chi connectivity index (χ1) is 14.0. The highest BCUT2D eigenvalue weighted by atomic mass is 32.1. The van der Waals surface area contributed by atoms with E-state index in [0.29, 0.717) is 16.5 Å². The van der Waals surface area contributed by atoms with Crippen molar-refractivity contribution >= 4 is 28.2 Å². The molecule has 2 aromatic rings. The van der Waals surface area contributed by atoms with Crippen molar-refractivity contribution in [3.05, 3.63) is 51.9 Å². The van der Waals surface area contributed by atoms with E-state index in [1.54, 1.807) is 11.3 Å². The van der Waals surface area contributed by atoms with Crippen LogP contribution in [0.5, 0.6) is 0 Å². The van der Waals surface area contributed by atoms with E-state index < -0.39 is 0 Å². The Hall–Kier alpha value is -2.14. The molecule has 0 spiro atoms. The number of benzene rings is 1. The number of carbonyl (C=O) groups is 2. The number of esters is 1. The third-order valence-corrected chi connectivity index (χ3v) is 7.22. The van der Waals surface area contributed by atoms with Crippen LogP contribution in [0.4, 0.5) is 5.00 Å². The van der Waals surface area contributed by atoms with Gasteiger partial charge in [0.25, 0.3) is 0 Å². The van der Waals surface area contributed by atoms with Crippen LogP contribution >= 0.6 is 11.3 Å². The molecule has 4 rings (SSSR count). The molecule has 1 atom stereocenters. The summed E-state index contributed by atoms with van der Waals surface area (Å²) in [6, 6.07) is 10.6. The number of nitrogens with one attached hydrogen (secondary N) is 1. The van der Waals surface area contributed by atoms with Gasteiger partial charge in [-0.2, -0.15) is 0 Å². The van der Waals surface area contributed by atoms with Crippen molar-refractivity contribution in [2.45, 2.75) is 70.8 Å². The third kappa shape index (κ3) is 4.40. The van der Waals surface area contributed by atoms with Crippen LogP contribution in [0.15, 0.2) is 30.3 Å². The van der Waals surface area contributed by atoms with Gasteiger partial charge in [0.15, 0.2) is 0 Å². The average Bonchev–Trinajstić information content (AvgIpc) is 3.35. The van der Waals surface area contributed by atoms with Crippen LogP contribution in [-0.4, -0.2) is 18.0 Å². The van der Waals surface area contributed by atoms with Gasteiger partial charge < -0.3 is 10.1 Å². The number of amides is 1.